The average Bonchev–Trinajstić information content (AvgIpc) is 3.12. The van der Waals surface area contributed by atoms with E-state index >= 15 is 0 Å². The normalized spacial score (nSPS) is 14.9. The van der Waals surface area contributed by atoms with Crippen molar-refractivity contribution in [2.75, 3.05) is 6.54 Å². The van der Waals surface area contributed by atoms with E-state index in [1.165, 1.54) is 18.4 Å². The van der Waals surface area contributed by atoms with Gasteiger partial charge >= 0.3 is 0 Å². The van der Waals surface area contributed by atoms with E-state index in [-0.39, 0.29) is 5.91 Å². The van der Waals surface area contributed by atoms with Gasteiger partial charge in [-0.2, -0.15) is 0 Å². The molecule has 2 rings (SSSR count). The summed E-state index contributed by atoms with van der Waals surface area (Å²) in [5, 5.41) is 0. The van der Waals surface area contributed by atoms with E-state index < -0.39 is 0 Å². The zero-order chi connectivity index (χ0) is 13.1. The molecule has 0 aliphatic heterocycles. The van der Waals surface area contributed by atoms with Gasteiger partial charge in [-0.25, -0.2) is 0 Å². The summed E-state index contributed by atoms with van der Waals surface area (Å²) in [4.78, 5) is 14.4. The minimum absolute atomic E-state index is 0.287. The maximum Gasteiger partial charge on any atom is 0.227 e. The predicted octanol–water partition coefficient (Wildman–Crippen LogP) is 3.18. The summed E-state index contributed by atoms with van der Waals surface area (Å²) in [6.45, 7) is 7.32. The maximum atomic E-state index is 12.3. The number of carbonyl (C=O) groups excluding carboxylic acids is 1. The fourth-order valence-electron chi connectivity index (χ4n) is 2.22. The van der Waals surface area contributed by atoms with E-state index in [2.05, 4.69) is 49.9 Å². The summed E-state index contributed by atoms with van der Waals surface area (Å²) >= 11 is 0. The number of rotatable bonds is 5. The lowest BCUT2D eigenvalue weighted by molar-refractivity contribution is -0.131. The summed E-state index contributed by atoms with van der Waals surface area (Å²) < 4.78 is 0. The van der Waals surface area contributed by atoms with Gasteiger partial charge in [0.25, 0.3) is 0 Å². The fraction of sp³-hybridized carbons (Fsp3) is 0.562. The number of amides is 1. The molecule has 1 amide bonds. The third-order valence-corrected chi connectivity index (χ3v) is 3.35. The van der Waals surface area contributed by atoms with Crippen molar-refractivity contribution >= 4 is 5.91 Å². The fourth-order valence-corrected chi connectivity index (χ4v) is 2.22. The molecule has 0 bridgehead atoms. The monoisotopic (exact) mass is 245 g/mol. The molecule has 2 nitrogen and oxygen atoms in total. The number of nitrogens with zero attached hydrogens (tertiary/aromatic N) is 1. The van der Waals surface area contributed by atoms with Gasteiger partial charge in [0.2, 0.25) is 5.91 Å². The molecule has 0 heterocycles. The minimum atomic E-state index is 0.287. The highest BCUT2D eigenvalue weighted by molar-refractivity contribution is 5.79. The Labute approximate surface area is 110 Å². The van der Waals surface area contributed by atoms with Gasteiger partial charge in [-0.1, -0.05) is 43.7 Å². The third-order valence-electron chi connectivity index (χ3n) is 3.35. The van der Waals surface area contributed by atoms with Crippen LogP contribution in [0.4, 0.5) is 0 Å². The zero-order valence-electron chi connectivity index (χ0n) is 11.6. The summed E-state index contributed by atoms with van der Waals surface area (Å²) in [7, 11) is 0. The molecule has 2 heteroatoms. The highest BCUT2D eigenvalue weighted by atomic mass is 16.2. The summed E-state index contributed by atoms with van der Waals surface area (Å²) in [5.41, 5.74) is 2.37. The Balaban J connectivity index is 1.98. The molecule has 1 fully saturated rings. The predicted molar refractivity (Wildman–Crippen MR) is 74.5 cm³/mol. The number of hydrogen-bond acceptors (Lipinski definition) is 1. The molecular weight excluding hydrogens is 222 g/mol. The van der Waals surface area contributed by atoms with Gasteiger partial charge in [0.1, 0.15) is 0 Å². The van der Waals surface area contributed by atoms with Crippen molar-refractivity contribution in [3.05, 3.63) is 35.4 Å². The van der Waals surface area contributed by atoms with Gasteiger partial charge in [0.05, 0.1) is 6.42 Å². The molecule has 0 atom stereocenters. The average molecular weight is 245 g/mol. The van der Waals surface area contributed by atoms with Crippen LogP contribution in [0.1, 0.15) is 37.8 Å². The number of aryl methyl sites for hydroxylation is 1. The number of benzene rings is 1. The minimum Gasteiger partial charge on any atom is -0.339 e. The van der Waals surface area contributed by atoms with E-state index in [4.69, 9.17) is 0 Å². The molecule has 1 aliphatic carbocycles. The van der Waals surface area contributed by atoms with Gasteiger partial charge in [0.15, 0.2) is 0 Å². The van der Waals surface area contributed by atoms with Crippen LogP contribution in [0.2, 0.25) is 0 Å². The van der Waals surface area contributed by atoms with Gasteiger partial charge in [-0.05, 0) is 31.2 Å². The first-order valence-corrected chi connectivity index (χ1v) is 6.91. The second-order valence-electron chi connectivity index (χ2n) is 5.83. The molecule has 1 aliphatic rings. The molecule has 0 spiro atoms. The van der Waals surface area contributed by atoms with E-state index in [1.54, 1.807) is 0 Å². The van der Waals surface area contributed by atoms with Crippen LogP contribution in [0.5, 0.6) is 0 Å². The Morgan fingerprint density at radius 1 is 1.28 bits per heavy atom. The lowest BCUT2D eigenvalue weighted by Gasteiger charge is -2.24. The van der Waals surface area contributed by atoms with Crippen LogP contribution in [0, 0.1) is 12.8 Å². The van der Waals surface area contributed by atoms with Crippen LogP contribution in [0.25, 0.3) is 0 Å². The van der Waals surface area contributed by atoms with Crippen LogP contribution in [-0.2, 0) is 11.2 Å². The van der Waals surface area contributed by atoms with Crippen molar-refractivity contribution in [3.8, 4) is 0 Å². The van der Waals surface area contributed by atoms with Crippen LogP contribution in [0.15, 0.2) is 24.3 Å². The van der Waals surface area contributed by atoms with Crippen molar-refractivity contribution in [2.45, 2.75) is 46.1 Å². The van der Waals surface area contributed by atoms with E-state index in [1.807, 2.05) is 0 Å². The van der Waals surface area contributed by atoms with Crippen molar-refractivity contribution < 1.29 is 4.79 Å². The molecule has 0 saturated heterocycles. The highest BCUT2D eigenvalue weighted by Crippen LogP contribution is 2.28. The van der Waals surface area contributed by atoms with E-state index in [0.29, 0.717) is 18.4 Å². The number of hydrogen-bond donors (Lipinski definition) is 0. The molecule has 18 heavy (non-hydrogen) atoms. The van der Waals surface area contributed by atoms with Crippen molar-refractivity contribution in [1.29, 1.82) is 0 Å². The molecule has 1 aromatic rings. The molecular formula is C16H23NO. The Bertz CT molecular complexity index is 404. The molecule has 0 unspecified atom stereocenters. The van der Waals surface area contributed by atoms with E-state index in [0.717, 1.165) is 12.1 Å². The van der Waals surface area contributed by atoms with E-state index in [9.17, 15) is 4.79 Å². The Hall–Kier alpha value is -1.31. The molecule has 0 radical (unpaired) electrons. The number of carbonyl (C=O) groups is 1. The Morgan fingerprint density at radius 2 is 1.89 bits per heavy atom. The first-order valence-electron chi connectivity index (χ1n) is 6.91. The summed E-state index contributed by atoms with van der Waals surface area (Å²) in [5.74, 6) is 0.836. The maximum absolute atomic E-state index is 12.3. The molecule has 98 valence electrons. The van der Waals surface area contributed by atoms with Crippen LogP contribution < -0.4 is 0 Å². The van der Waals surface area contributed by atoms with Crippen molar-refractivity contribution in [1.82, 2.24) is 4.90 Å². The standard InChI is InChI=1S/C16H23NO/c1-12(2)11-17(15-8-9-15)16(18)10-14-6-4-13(3)5-7-14/h4-7,12,15H,8-11H2,1-3H3. The van der Waals surface area contributed by atoms with Crippen molar-refractivity contribution in [3.63, 3.8) is 0 Å². The zero-order valence-corrected chi connectivity index (χ0v) is 11.6. The second-order valence-corrected chi connectivity index (χ2v) is 5.83. The molecule has 1 aromatic carbocycles. The van der Waals surface area contributed by atoms with Crippen LogP contribution in [0.3, 0.4) is 0 Å². The van der Waals surface area contributed by atoms with Gasteiger partial charge in [-0.15, -0.1) is 0 Å². The highest BCUT2D eigenvalue weighted by Gasteiger charge is 2.32. The Morgan fingerprint density at radius 3 is 2.39 bits per heavy atom. The first-order chi connectivity index (χ1) is 8.56. The second kappa shape index (κ2) is 5.55. The topological polar surface area (TPSA) is 20.3 Å². The molecule has 0 N–H and O–H groups in total. The SMILES string of the molecule is Cc1ccc(CC(=O)N(CC(C)C)C2CC2)cc1. The quantitative estimate of drug-likeness (QED) is 0.780. The van der Waals surface area contributed by atoms with Crippen LogP contribution >= 0.6 is 0 Å². The van der Waals surface area contributed by atoms with Gasteiger partial charge in [0, 0.05) is 12.6 Å². The Kier molecular flexibility index (Phi) is 4.05. The third kappa shape index (κ3) is 3.59. The summed E-state index contributed by atoms with van der Waals surface area (Å²) in [6.07, 6.45) is 2.92. The molecule has 1 saturated carbocycles. The lowest BCUT2D eigenvalue weighted by atomic mass is 10.1. The summed E-state index contributed by atoms with van der Waals surface area (Å²) in [6, 6.07) is 8.80. The largest absolute Gasteiger partial charge is 0.339 e. The molecule has 0 aromatic heterocycles. The van der Waals surface area contributed by atoms with Gasteiger partial charge in [-0.3, -0.25) is 4.79 Å². The lowest BCUT2D eigenvalue weighted by Crippen LogP contribution is -2.37. The van der Waals surface area contributed by atoms with Gasteiger partial charge < -0.3 is 4.90 Å². The first kappa shape index (κ1) is 13.1. The van der Waals surface area contributed by atoms with Crippen molar-refractivity contribution in [2.24, 2.45) is 5.92 Å². The van der Waals surface area contributed by atoms with Crippen LogP contribution in [-0.4, -0.2) is 23.4 Å². The smallest absolute Gasteiger partial charge is 0.227 e.